The van der Waals surface area contributed by atoms with Gasteiger partial charge in [-0.05, 0) is 26.0 Å². The minimum atomic E-state index is -1.81. The van der Waals surface area contributed by atoms with E-state index in [-0.39, 0.29) is 31.2 Å². The van der Waals surface area contributed by atoms with E-state index < -0.39 is 11.3 Å². The highest BCUT2D eigenvalue weighted by Gasteiger charge is 2.42. The van der Waals surface area contributed by atoms with Gasteiger partial charge in [-0.2, -0.15) is 0 Å². The summed E-state index contributed by atoms with van der Waals surface area (Å²) in [6.07, 6.45) is 8.77. The molecule has 0 spiro atoms. The van der Waals surface area contributed by atoms with Crippen molar-refractivity contribution in [2.24, 2.45) is 10.7 Å². The third kappa shape index (κ3) is 4.03. The maximum atomic E-state index is 13.9. The Kier molecular flexibility index (Phi) is 4.92. The van der Waals surface area contributed by atoms with Crippen molar-refractivity contribution in [3.63, 3.8) is 0 Å². The molecule has 4 heterocycles. The van der Waals surface area contributed by atoms with Crippen molar-refractivity contribution in [1.29, 1.82) is 0 Å². The monoisotopic (exact) mass is 421 g/mol. The summed E-state index contributed by atoms with van der Waals surface area (Å²) in [5.41, 5.74) is 6.47. The summed E-state index contributed by atoms with van der Waals surface area (Å²) in [7, 11) is 0. The van der Waals surface area contributed by atoms with Crippen molar-refractivity contribution in [3.8, 4) is 0 Å². The molecule has 6 N–H and O–H groups in total. The first kappa shape index (κ1) is 19.9. The number of amidine groups is 1. The van der Waals surface area contributed by atoms with Crippen LogP contribution in [0.25, 0.3) is 0 Å². The molecule has 2 unspecified atom stereocenters. The molecule has 1 amide bonds. The van der Waals surface area contributed by atoms with Crippen molar-refractivity contribution in [2.45, 2.75) is 43.9 Å². The lowest BCUT2D eigenvalue weighted by Gasteiger charge is -2.34. The van der Waals surface area contributed by atoms with Gasteiger partial charge in [0.15, 0.2) is 5.79 Å². The SMILES string of the molecule is CC(C)(NC1C=CN=C(C2=CNC3NC=C(Cl)C=C23)N1)C(=O)N1CC[C@](N)(F)C1. The van der Waals surface area contributed by atoms with Crippen LogP contribution in [0, 0.1) is 0 Å². The molecule has 1 saturated heterocycles. The second kappa shape index (κ2) is 7.16. The van der Waals surface area contributed by atoms with E-state index >= 15 is 0 Å². The molecule has 3 atom stereocenters. The van der Waals surface area contributed by atoms with Crippen LogP contribution in [0.5, 0.6) is 0 Å². The first-order chi connectivity index (χ1) is 13.6. The van der Waals surface area contributed by atoms with Crippen molar-refractivity contribution in [2.75, 3.05) is 13.1 Å². The molecule has 0 aromatic rings. The van der Waals surface area contributed by atoms with Gasteiger partial charge in [0, 0.05) is 42.7 Å². The Morgan fingerprint density at radius 3 is 2.93 bits per heavy atom. The highest BCUT2D eigenvalue weighted by atomic mass is 35.5. The first-order valence-corrected chi connectivity index (χ1v) is 9.89. The molecule has 8 nitrogen and oxygen atoms in total. The number of nitrogens with two attached hydrogens (primary N) is 1. The molecule has 4 rings (SSSR count). The van der Waals surface area contributed by atoms with Crippen LogP contribution in [0.4, 0.5) is 4.39 Å². The molecule has 0 aromatic carbocycles. The first-order valence-electron chi connectivity index (χ1n) is 9.51. The van der Waals surface area contributed by atoms with E-state index in [0.717, 1.165) is 11.1 Å². The maximum absolute atomic E-state index is 13.9. The largest absolute Gasteiger partial charge is 0.367 e. The van der Waals surface area contributed by atoms with Gasteiger partial charge in [-0.15, -0.1) is 0 Å². The summed E-state index contributed by atoms with van der Waals surface area (Å²) in [6.45, 7) is 3.77. The minimum Gasteiger partial charge on any atom is -0.367 e. The number of carbonyl (C=O) groups is 1. The molecule has 156 valence electrons. The standard InChI is InChI=1S/C19H25ClFN7O/c1-18(2,17(29)28-6-4-19(21,22)10-28)27-14-3-5-23-16(26-14)13-9-25-15-12(13)7-11(20)8-24-15/h3,5,7-9,14-15,24-25,27H,4,6,10,22H2,1-2H3,(H,23,26)/t14?,15?,19-/m1/s1. The Hall–Kier alpha value is -2.36. The van der Waals surface area contributed by atoms with Crippen LogP contribution in [0.15, 0.2) is 51.9 Å². The number of nitrogens with zero attached hydrogens (tertiary/aromatic N) is 2. The van der Waals surface area contributed by atoms with E-state index in [9.17, 15) is 9.18 Å². The van der Waals surface area contributed by atoms with Crippen LogP contribution in [0.1, 0.15) is 20.3 Å². The number of allylic oxidation sites excluding steroid dienone is 2. The zero-order chi connectivity index (χ0) is 20.8. The molecule has 4 aliphatic heterocycles. The number of fused-ring (bicyclic) bond motifs is 1. The van der Waals surface area contributed by atoms with E-state index in [1.165, 1.54) is 4.90 Å². The molecule has 0 radical (unpaired) electrons. The Bertz CT molecular complexity index is 874. The van der Waals surface area contributed by atoms with Crippen molar-refractivity contribution >= 4 is 23.3 Å². The number of carbonyl (C=O) groups excluding carboxylic acids is 1. The Morgan fingerprint density at radius 2 is 2.21 bits per heavy atom. The van der Waals surface area contributed by atoms with Crippen LogP contribution in [0.3, 0.4) is 0 Å². The summed E-state index contributed by atoms with van der Waals surface area (Å²) < 4.78 is 13.9. The Morgan fingerprint density at radius 1 is 1.45 bits per heavy atom. The van der Waals surface area contributed by atoms with E-state index in [1.807, 2.05) is 18.4 Å². The smallest absolute Gasteiger partial charge is 0.242 e. The highest BCUT2D eigenvalue weighted by molar-refractivity contribution is 6.31. The molecular formula is C19H25ClFN7O. The topological polar surface area (TPSA) is 107 Å². The average molecular weight is 422 g/mol. The van der Waals surface area contributed by atoms with E-state index in [4.69, 9.17) is 17.3 Å². The van der Waals surface area contributed by atoms with Gasteiger partial charge in [0.05, 0.1) is 23.3 Å². The lowest BCUT2D eigenvalue weighted by molar-refractivity contribution is -0.136. The molecular weight excluding hydrogens is 397 g/mol. The molecule has 0 aliphatic carbocycles. The fourth-order valence-electron chi connectivity index (χ4n) is 3.84. The van der Waals surface area contributed by atoms with Crippen LogP contribution < -0.4 is 27.0 Å². The second-order valence-corrected chi connectivity index (χ2v) is 8.61. The summed E-state index contributed by atoms with van der Waals surface area (Å²) in [6, 6.07) is 0. The molecule has 1 fully saturated rings. The van der Waals surface area contributed by atoms with E-state index in [0.29, 0.717) is 17.4 Å². The van der Waals surface area contributed by atoms with Gasteiger partial charge >= 0.3 is 0 Å². The number of hydrogen-bond acceptors (Lipinski definition) is 7. The number of amides is 1. The predicted octanol–water partition coefficient (Wildman–Crippen LogP) is 0.476. The molecule has 0 aromatic heterocycles. The molecule has 10 heteroatoms. The summed E-state index contributed by atoms with van der Waals surface area (Å²) in [4.78, 5) is 18.8. The van der Waals surface area contributed by atoms with Crippen molar-refractivity contribution in [1.82, 2.24) is 26.2 Å². The van der Waals surface area contributed by atoms with Gasteiger partial charge in [-0.1, -0.05) is 11.6 Å². The number of nitrogens with one attached hydrogen (secondary N) is 4. The number of halogens is 2. The van der Waals surface area contributed by atoms with Crippen molar-refractivity contribution < 1.29 is 9.18 Å². The fourth-order valence-corrected chi connectivity index (χ4v) is 4.02. The second-order valence-electron chi connectivity index (χ2n) is 8.18. The fraction of sp³-hybridized carbons (Fsp3) is 0.474. The maximum Gasteiger partial charge on any atom is 0.242 e. The van der Waals surface area contributed by atoms with Crippen LogP contribution >= 0.6 is 11.6 Å². The van der Waals surface area contributed by atoms with E-state index in [1.54, 1.807) is 26.2 Å². The van der Waals surface area contributed by atoms with Gasteiger partial charge in [-0.3, -0.25) is 15.8 Å². The van der Waals surface area contributed by atoms with Crippen LogP contribution in [0.2, 0.25) is 0 Å². The zero-order valence-electron chi connectivity index (χ0n) is 16.3. The summed E-state index contributed by atoms with van der Waals surface area (Å²) >= 11 is 6.12. The number of aliphatic imine (C=N–C) groups is 1. The Labute approximate surface area is 173 Å². The molecule has 0 saturated carbocycles. The minimum absolute atomic E-state index is 0.0558. The molecule has 29 heavy (non-hydrogen) atoms. The third-order valence-corrected chi connectivity index (χ3v) is 5.53. The molecule has 4 aliphatic rings. The van der Waals surface area contributed by atoms with Gasteiger partial charge in [-0.25, -0.2) is 9.38 Å². The van der Waals surface area contributed by atoms with Crippen LogP contribution in [-0.4, -0.2) is 53.4 Å². The Balaban J connectivity index is 1.43. The lowest BCUT2D eigenvalue weighted by atomic mass is 10.0. The normalized spacial score (nSPS) is 31.0. The van der Waals surface area contributed by atoms with E-state index in [2.05, 4.69) is 26.3 Å². The summed E-state index contributed by atoms with van der Waals surface area (Å²) in [5, 5.41) is 13.6. The van der Waals surface area contributed by atoms with Gasteiger partial charge in [0.25, 0.3) is 0 Å². The number of dihydropyridines is 1. The number of rotatable bonds is 4. The van der Waals surface area contributed by atoms with Crippen molar-refractivity contribution in [3.05, 3.63) is 46.9 Å². The number of likely N-dealkylation sites (tertiary alicyclic amines) is 1. The lowest BCUT2D eigenvalue weighted by Crippen LogP contribution is -2.61. The number of hydrogen-bond donors (Lipinski definition) is 5. The van der Waals surface area contributed by atoms with Gasteiger partial charge in [0.2, 0.25) is 5.91 Å². The molecule has 0 bridgehead atoms. The zero-order valence-corrected chi connectivity index (χ0v) is 17.1. The third-order valence-electron chi connectivity index (χ3n) is 5.32. The number of alkyl halides is 1. The average Bonchev–Trinajstić information content (AvgIpc) is 3.23. The quantitative estimate of drug-likeness (QED) is 0.423. The predicted molar refractivity (Wildman–Crippen MR) is 110 cm³/mol. The van der Waals surface area contributed by atoms with Gasteiger partial charge < -0.3 is 20.9 Å². The summed E-state index contributed by atoms with van der Waals surface area (Å²) in [5.74, 6) is -1.35. The highest BCUT2D eigenvalue weighted by Crippen LogP contribution is 2.27. The van der Waals surface area contributed by atoms with Crippen LogP contribution in [-0.2, 0) is 4.79 Å². The van der Waals surface area contributed by atoms with Gasteiger partial charge in [0.1, 0.15) is 12.0 Å².